The lowest BCUT2D eigenvalue weighted by atomic mass is 10.0. The second kappa shape index (κ2) is 12.5. The zero-order valence-corrected chi connectivity index (χ0v) is 17.3. The first-order chi connectivity index (χ1) is 12.7. The zero-order valence-electron chi connectivity index (χ0n) is 17.3. The summed E-state index contributed by atoms with van der Waals surface area (Å²) in [5, 5.41) is 6.92. The summed E-state index contributed by atoms with van der Waals surface area (Å²) in [6.45, 7) is 17.1. The molecule has 2 aliphatic rings. The van der Waals surface area contributed by atoms with Crippen molar-refractivity contribution in [3.63, 3.8) is 0 Å². The summed E-state index contributed by atoms with van der Waals surface area (Å²) >= 11 is 0. The van der Waals surface area contributed by atoms with E-state index in [9.17, 15) is 0 Å². The average Bonchev–Trinajstić information content (AvgIpc) is 3.15. The third-order valence-electron chi connectivity index (χ3n) is 5.46. The van der Waals surface area contributed by atoms with Crippen LogP contribution in [0.15, 0.2) is 4.99 Å². The maximum atomic E-state index is 5.50. The Balaban J connectivity index is 1.72. The van der Waals surface area contributed by atoms with E-state index in [-0.39, 0.29) is 0 Å². The molecule has 0 aliphatic carbocycles. The molecule has 0 radical (unpaired) electrons. The lowest BCUT2D eigenvalue weighted by Crippen LogP contribution is -2.48. The van der Waals surface area contributed by atoms with E-state index in [2.05, 4.69) is 41.2 Å². The molecule has 0 aromatic carbocycles. The van der Waals surface area contributed by atoms with Gasteiger partial charge >= 0.3 is 0 Å². The molecule has 2 fully saturated rings. The molecule has 152 valence electrons. The molecule has 2 heterocycles. The molecule has 0 saturated carbocycles. The van der Waals surface area contributed by atoms with Gasteiger partial charge in [-0.2, -0.15) is 0 Å². The van der Waals surface area contributed by atoms with Crippen LogP contribution in [0.5, 0.6) is 0 Å². The van der Waals surface area contributed by atoms with Gasteiger partial charge in [0.1, 0.15) is 0 Å². The molecule has 2 N–H and O–H groups in total. The van der Waals surface area contributed by atoms with E-state index >= 15 is 0 Å². The minimum atomic E-state index is 0.490. The second-order valence-electron chi connectivity index (χ2n) is 7.86. The Morgan fingerprint density at radius 3 is 2.42 bits per heavy atom. The monoisotopic (exact) mass is 367 g/mol. The van der Waals surface area contributed by atoms with Crippen molar-refractivity contribution in [1.29, 1.82) is 0 Å². The Hall–Kier alpha value is -0.850. The number of hydrogen-bond acceptors (Lipinski definition) is 4. The molecule has 2 saturated heterocycles. The summed E-state index contributed by atoms with van der Waals surface area (Å²) in [7, 11) is 0. The van der Waals surface area contributed by atoms with Gasteiger partial charge in [0.25, 0.3) is 0 Å². The Morgan fingerprint density at radius 2 is 1.77 bits per heavy atom. The Morgan fingerprint density at radius 1 is 1.04 bits per heavy atom. The van der Waals surface area contributed by atoms with E-state index in [0.717, 1.165) is 51.9 Å². The summed E-state index contributed by atoms with van der Waals surface area (Å²) in [4.78, 5) is 10.0. The number of morpholine rings is 1. The van der Waals surface area contributed by atoms with Gasteiger partial charge in [-0.05, 0) is 58.2 Å². The lowest BCUT2D eigenvalue weighted by Gasteiger charge is -2.36. The zero-order chi connectivity index (χ0) is 18.6. The molecule has 2 rings (SSSR count). The van der Waals surface area contributed by atoms with Crippen LogP contribution in [0.2, 0.25) is 0 Å². The molecule has 2 aliphatic heterocycles. The van der Waals surface area contributed by atoms with Crippen molar-refractivity contribution in [2.45, 2.75) is 52.5 Å². The third-order valence-corrected chi connectivity index (χ3v) is 5.46. The summed E-state index contributed by atoms with van der Waals surface area (Å²) in [5.74, 6) is 1.56. The lowest BCUT2D eigenvalue weighted by molar-refractivity contribution is 0.00867. The van der Waals surface area contributed by atoms with Gasteiger partial charge in [0.2, 0.25) is 0 Å². The number of unbranched alkanes of at least 4 members (excludes halogenated alkanes) is 1. The number of nitrogens with zero attached hydrogens (tertiary/aromatic N) is 3. The van der Waals surface area contributed by atoms with Gasteiger partial charge < -0.3 is 20.3 Å². The number of guanidine groups is 1. The van der Waals surface area contributed by atoms with Crippen LogP contribution < -0.4 is 10.6 Å². The highest BCUT2D eigenvalue weighted by atomic mass is 16.5. The van der Waals surface area contributed by atoms with Crippen LogP contribution in [0.1, 0.15) is 46.5 Å². The fourth-order valence-corrected chi connectivity index (χ4v) is 3.86. The Labute approximate surface area is 160 Å². The largest absolute Gasteiger partial charge is 0.379 e. The minimum Gasteiger partial charge on any atom is -0.379 e. The van der Waals surface area contributed by atoms with E-state index in [0.29, 0.717) is 12.0 Å². The van der Waals surface area contributed by atoms with Gasteiger partial charge in [-0.15, -0.1) is 0 Å². The summed E-state index contributed by atoms with van der Waals surface area (Å²) < 4.78 is 5.50. The van der Waals surface area contributed by atoms with Crippen molar-refractivity contribution in [3.8, 4) is 0 Å². The molecule has 0 bridgehead atoms. The van der Waals surface area contributed by atoms with Gasteiger partial charge in [0.15, 0.2) is 5.96 Å². The van der Waals surface area contributed by atoms with Gasteiger partial charge in [0.05, 0.1) is 19.8 Å². The number of nitrogens with one attached hydrogen (secondary N) is 2. The van der Waals surface area contributed by atoms with Gasteiger partial charge in [-0.3, -0.25) is 9.89 Å². The normalized spacial score (nSPS) is 21.3. The summed E-state index contributed by atoms with van der Waals surface area (Å²) in [6.07, 6.45) is 5.25. The Kier molecular flexibility index (Phi) is 10.3. The highest BCUT2D eigenvalue weighted by Crippen LogP contribution is 2.13. The van der Waals surface area contributed by atoms with Crippen LogP contribution in [0.3, 0.4) is 0 Å². The predicted octanol–water partition coefficient (Wildman–Crippen LogP) is 1.77. The van der Waals surface area contributed by atoms with Crippen LogP contribution in [-0.2, 0) is 4.74 Å². The Bertz CT molecular complexity index is 390. The molecule has 26 heavy (non-hydrogen) atoms. The highest BCUT2D eigenvalue weighted by Gasteiger charge is 2.23. The number of hydrogen-bond donors (Lipinski definition) is 2. The van der Waals surface area contributed by atoms with Crippen molar-refractivity contribution in [3.05, 3.63) is 0 Å². The fourth-order valence-electron chi connectivity index (χ4n) is 3.86. The summed E-state index contributed by atoms with van der Waals surface area (Å²) in [5.41, 5.74) is 0. The van der Waals surface area contributed by atoms with Crippen molar-refractivity contribution in [2.75, 3.05) is 65.6 Å². The van der Waals surface area contributed by atoms with E-state index < -0.39 is 0 Å². The van der Waals surface area contributed by atoms with Crippen molar-refractivity contribution >= 4 is 5.96 Å². The first kappa shape index (κ1) is 21.5. The van der Waals surface area contributed by atoms with E-state index in [4.69, 9.17) is 9.73 Å². The van der Waals surface area contributed by atoms with Crippen LogP contribution in [0.4, 0.5) is 0 Å². The number of rotatable bonds is 10. The van der Waals surface area contributed by atoms with Crippen LogP contribution in [-0.4, -0.2) is 87.4 Å². The van der Waals surface area contributed by atoms with Crippen LogP contribution in [0.25, 0.3) is 0 Å². The summed E-state index contributed by atoms with van der Waals surface area (Å²) in [6, 6.07) is 0.490. The number of aliphatic imine (C=N–C) groups is 1. The second-order valence-corrected chi connectivity index (χ2v) is 7.86. The first-order valence-corrected chi connectivity index (χ1v) is 10.8. The maximum absolute atomic E-state index is 5.50. The van der Waals surface area contributed by atoms with E-state index in [1.54, 1.807) is 0 Å². The van der Waals surface area contributed by atoms with Crippen molar-refractivity contribution < 1.29 is 4.74 Å². The number of likely N-dealkylation sites (tertiary alicyclic amines) is 1. The first-order valence-electron chi connectivity index (χ1n) is 10.8. The molecule has 6 heteroatoms. The quantitative estimate of drug-likeness (QED) is 0.350. The van der Waals surface area contributed by atoms with Crippen molar-refractivity contribution in [2.24, 2.45) is 10.9 Å². The van der Waals surface area contributed by atoms with Crippen molar-refractivity contribution in [1.82, 2.24) is 20.4 Å². The molecule has 0 spiro atoms. The standard InChI is InChI=1S/C20H41N5O/c1-4-21-20(22-9-5-6-10-24-11-7-8-12-24)23-17-19(18(2)3)25-13-15-26-16-14-25/h18-19H,4-17H2,1-3H3,(H2,21,22,23). The maximum Gasteiger partial charge on any atom is 0.191 e. The highest BCUT2D eigenvalue weighted by molar-refractivity contribution is 5.79. The molecular weight excluding hydrogens is 326 g/mol. The SMILES string of the molecule is CCNC(=NCC(C(C)C)N1CCOCC1)NCCCCN1CCCC1. The smallest absolute Gasteiger partial charge is 0.191 e. The number of ether oxygens (including phenoxy) is 1. The molecule has 0 aromatic rings. The molecule has 0 amide bonds. The minimum absolute atomic E-state index is 0.490. The molecule has 6 nitrogen and oxygen atoms in total. The van der Waals surface area contributed by atoms with E-state index in [1.165, 1.54) is 45.3 Å². The third kappa shape index (κ3) is 7.80. The fraction of sp³-hybridized carbons (Fsp3) is 0.950. The molecular formula is C20H41N5O. The van der Waals surface area contributed by atoms with Crippen LogP contribution >= 0.6 is 0 Å². The molecule has 0 aromatic heterocycles. The molecule has 1 atom stereocenters. The predicted molar refractivity (Wildman–Crippen MR) is 110 cm³/mol. The van der Waals surface area contributed by atoms with Crippen LogP contribution in [0, 0.1) is 5.92 Å². The topological polar surface area (TPSA) is 52.1 Å². The van der Waals surface area contributed by atoms with Gasteiger partial charge in [-0.1, -0.05) is 13.8 Å². The van der Waals surface area contributed by atoms with Gasteiger partial charge in [0, 0.05) is 32.2 Å². The average molecular weight is 368 g/mol. The van der Waals surface area contributed by atoms with E-state index in [1.807, 2.05) is 0 Å². The van der Waals surface area contributed by atoms with Gasteiger partial charge in [-0.25, -0.2) is 0 Å². The molecule has 1 unspecified atom stereocenters.